The number of piperidine rings is 1. The number of thioether (sulfide) groups is 1. The molecule has 2 aliphatic heterocycles. The quantitative estimate of drug-likeness (QED) is 0.365. The number of rotatable bonds is 8. The highest BCUT2D eigenvalue weighted by Gasteiger charge is 2.35. The van der Waals surface area contributed by atoms with Crippen molar-refractivity contribution >= 4 is 46.1 Å². The number of methoxy groups -OCH3 is 1. The van der Waals surface area contributed by atoms with Crippen molar-refractivity contribution in [3.63, 3.8) is 0 Å². The molecule has 1 N–H and O–H groups in total. The van der Waals surface area contributed by atoms with Crippen LogP contribution >= 0.6 is 11.8 Å². The van der Waals surface area contributed by atoms with E-state index < -0.39 is 5.92 Å². The Morgan fingerprint density at radius 1 is 1.22 bits per heavy atom. The zero-order chi connectivity index (χ0) is 25.1. The topological polar surface area (TPSA) is 105 Å². The summed E-state index contributed by atoms with van der Waals surface area (Å²) < 4.78 is 7.09. The van der Waals surface area contributed by atoms with Crippen LogP contribution in [0, 0.1) is 5.92 Å². The summed E-state index contributed by atoms with van der Waals surface area (Å²) in [5.74, 6) is 1.04. The van der Waals surface area contributed by atoms with Gasteiger partial charge in [-0.3, -0.25) is 9.59 Å². The van der Waals surface area contributed by atoms with Crippen LogP contribution in [0.4, 0.5) is 11.5 Å². The Labute approximate surface area is 214 Å². The molecule has 1 unspecified atom stereocenters. The van der Waals surface area contributed by atoms with Crippen LogP contribution in [0.25, 0.3) is 11.0 Å². The van der Waals surface area contributed by atoms with Gasteiger partial charge in [-0.1, -0.05) is 17.8 Å². The van der Waals surface area contributed by atoms with Gasteiger partial charge in [0.1, 0.15) is 11.6 Å². The molecule has 36 heavy (non-hydrogen) atoms. The maximum absolute atomic E-state index is 12.9. The first-order valence-corrected chi connectivity index (χ1v) is 13.5. The van der Waals surface area contributed by atoms with Crippen LogP contribution in [-0.4, -0.2) is 71.1 Å². The van der Waals surface area contributed by atoms with Gasteiger partial charge in [0.25, 0.3) is 0 Å². The van der Waals surface area contributed by atoms with Crippen molar-refractivity contribution < 1.29 is 14.3 Å². The predicted octanol–water partition coefficient (Wildman–Crippen LogP) is 2.72. The van der Waals surface area contributed by atoms with Gasteiger partial charge in [0.2, 0.25) is 11.8 Å². The molecule has 0 radical (unpaired) electrons. The molecule has 0 aliphatic carbocycles. The molecule has 2 saturated heterocycles. The SMILES string of the molecule is COc1cccc(N2CC(C(=O)NCCn3ncc4c(N5CCCCC5)nc(SC)nc43)CC2=O)c1. The smallest absolute Gasteiger partial charge is 0.227 e. The van der Waals surface area contributed by atoms with E-state index in [1.54, 1.807) is 12.0 Å². The van der Waals surface area contributed by atoms with E-state index in [1.807, 2.05) is 41.4 Å². The summed E-state index contributed by atoms with van der Waals surface area (Å²) >= 11 is 1.52. The highest BCUT2D eigenvalue weighted by molar-refractivity contribution is 7.98. The lowest BCUT2D eigenvalue weighted by molar-refractivity contribution is -0.126. The highest BCUT2D eigenvalue weighted by Crippen LogP contribution is 2.29. The zero-order valence-corrected chi connectivity index (χ0v) is 21.5. The summed E-state index contributed by atoms with van der Waals surface area (Å²) in [6.07, 6.45) is 7.57. The largest absolute Gasteiger partial charge is 0.497 e. The molecule has 5 rings (SSSR count). The highest BCUT2D eigenvalue weighted by atomic mass is 32.2. The molecular weight excluding hydrogens is 478 g/mol. The Morgan fingerprint density at radius 3 is 2.83 bits per heavy atom. The van der Waals surface area contributed by atoms with Gasteiger partial charge in [-0.15, -0.1) is 0 Å². The molecule has 0 spiro atoms. The van der Waals surface area contributed by atoms with E-state index in [0.717, 1.165) is 40.8 Å². The first kappa shape index (κ1) is 24.4. The normalized spacial score (nSPS) is 18.2. The fourth-order valence-electron chi connectivity index (χ4n) is 4.86. The van der Waals surface area contributed by atoms with Crippen LogP contribution in [0.1, 0.15) is 25.7 Å². The molecule has 190 valence electrons. The minimum atomic E-state index is -0.394. The fraction of sp³-hybridized carbons (Fsp3) is 0.480. The molecular formula is C25H31N7O3S. The molecule has 10 nitrogen and oxygen atoms in total. The third-order valence-corrected chi connectivity index (χ3v) is 7.33. The molecule has 4 heterocycles. The summed E-state index contributed by atoms with van der Waals surface area (Å²) in [4.78, 5) is 38.9. The van der Waals surface area contributed by atoms with E-state index in [0.29, 0.717) is 25.4 Å². The second-order valence-electron chi connectivity index (χ2n) is 9.08. The van der Waals surface area contributed by atoms with Crippen molar-refractivity contribution in [3.8, 4) is 5.75 Å². The Kier molecular flexibility index (Phi) is 7.26. The second kappa shape index (κ2) is 10.7. The summed E-state index contributed by atoms with van der Waals surface area (Å²) in [5, 5.41) is 9.20. The Balaban J connectivity index is 1.23. The van der Waals surface area contributed by atoms with Gasteiger partial charge >= 0.3 is 0 Å². The molecule has 2 fully saturated rings. The maximum atomic E-state index is 12.9. The third-order valence-electron chi connectivity index (χ3n) is 6.78. The van der Waals surface area contributed by atoms with Crippen LogP contribution < -0.4 is 19.9 Å². The number of fused-ring (bicyclic) bond motifs is 1. The molecule has 0 saturated carbocycles. The number of carbonyl (C=O) groups is 2. The number of benzene rings is 1. The summed E-state index contributed by atoms with van der Waals surface area (Å²) in [6, 6.07) is 7.33. The Hall–Kier alpha value is -3.34. The Bertz CT molecular complexity index is 1260. The molecule has 0 bridgehead atoms. The molecule has 2 aromatic heterocycles. The zero-order valence-electron chi connectivity index (χ0n) is 20.6. The van der Waals surface area contributed by atoms with Crippen LogP contribution in [0.3, 0.4) is 0 Å². The second-order valence-corrected chi connectivity index (χ2v) is 9.86. The van der Waals surface area contributed by atoms with Crippen molar-refractivity contribution in [2.75, 3.05) is 49.3 Å². The molecule has 1 atom stereocenters. The van der Waals surface area contributed by atoms with Crippen molar-refractivity contribution in [1.29, 1.82) is 0 Å². The van der Waals surface area contributed by atoms with E-state index in [-0.39, 0.29) is 18.2 Å². The summed E-state index contributed by atoms with van der Waals surface area (Å²) in [7, 11) is 1.59. The number of carbonyl (C=O) groups excluding carboxylic acids is 2. The van der Waals surface area contributed by atoms with Gasteiger partial charge in [-0.05, 0) is 37.7 Å². The first-order valence-electron chi connectivity index (χ1n) is 12.3. The summed E-state index contributed by atoms with van der Waals surface area (Å²) in [6.45, 7) is 3.23. The van der Waals surface area contributed by atoms with Crippen molar-refractivity contribution in [3.05, 3.63) is 30.5 Å². The average molecular weight is 510 g/mol. The first-order chi connectivity index (χ1) is 17.6. The minimum absolute atomic E-state index is 0.0620. The van der Waals surface area contributed by atoms with Crippen LogP contribution in [0.2, 0.25) is 0 Å². The van der Waals surface area contributed by atoms with Gasteiger partial charge in [0, 0.05) is 44.4 Å². The molecule has 2 amide bonds. The fourth-order valence-corrected chi connectivity index (χ4v) is 5.22. The third kappa shape index (κ3) is 4.97. The molecule has 2 aliphatic rings. The monoisotopic (exact) mass is 509 g/mol. The maximum Gasteiger partial charge on any atom is 0.227 e. The van der Waals surface area contributed by atoms with E-state index in [9.17, 15) is 9.59 Å². The number of amides is 2. The van der Waals surface area contributed by atoms with E-state index in [4.69, 9.17) is 14.7 Å². The van der Waals surface area contributed by atoms with Gasteiger partial charge in [-0.2, -0.15) is 5.10 Å². The van der Waals surface area contributed by atoms with Crippen LogP contribution in [0.15, 0.2) is 35.6 Å². The van der Waals surface area contributed by atoms with Crippen LogP contribution in [0.5, 0.6) is 5.75 Å². The van der Waals surface area contributed by atoms with Crippen molar-refractivity contribution in [2.45, 2.75) is 37.4 Å². The standard InChI is InChI=1S/C25H31N7O3S/c1-35-19-8-6-7-18(14-19)31-16-17(13-21(31)33)24(34)26-9-12-32-23-20(15-27-32)22(28-25(29-23)36-2)30-10-4-3-5-11-30/h6-8,14-15,17H,3-5,9-13,16H2,1-2H3,(H,26,34). The molecule has 3 aromatic rings. The number of nitrogens with one attached hydrogen (secondary N) is 1. The van der Waals surface area contributed by atoms with Crippen molar-refractivity contribution in [1.82, 2.24) is 25.1 Å². The van der Waals surface area contributed by atoms with E-state index in [2.05, 4.69) is 15.3 Å². The molecule has 1 aromatic carbocycles. The van der Waals surface area contributed by atoms with Gasteiger partial charge in [0.05, 0.1) is 31.2 Å². The number of aromatic nitrogens is 4. The average Bonchev–Trinajstić information content (AvgIpc) is 3.52. The molecule has 11 heteroatoms. The lowest BCUT2D eigenvalue weighted by Gasteiger charge is -2.28. The van der Waals surface area contributed by atoms with Crippen LogP contribution in [-0.2, 0) is 16.1 Å². The summed E-state index contributed by atoms with van der Waals surface area (Å²) in [5.41, 5.74) is 1.52. The predicted molar refractivity (Wildman–Crippen MR) is 140 cm³/mol. The number of hydrogen-bond acceptors (Lipinski definition) is 8. The van der Waals surface area contributed by atoms with Gasteiger partial charge < -0.3 is 19.9 Å². The number of anilines is 2. The number of nitrogens with zero attached hydrogens (tertiary/aromatic N) is 6. The number of hydrogen-bond donors (Lipinski definition) is 1. The minimum Gasteiger partial charge on any atom is -0.497 e. The van der Waals surface area contributed by atoms with Gasteiger partial charge in [-0.25, -0.2) is 14.6 Å². The number of ether oxygens (including phenoxy) is 1. The van der Waals surface area contributed by atoms with E-state index >= 15 is 0 Å². The Morgan fingerprint density at radius 2 is 2.06 bits per heavy atom. The van der Waals surface area contributed by atoms with Gasteiger partial charge in [0.15, 0.2) is 10.8 Å². The lowest BCUT2D eigenvalue weighted by Crippen LogP contribution is -2.35. The van der Waals surface area contributed by atoms with E-state index in [1.165, 1.54) is 31.0 Å². The lowest BCUT2D eigenvalue weighted by atomic mass is 10.1. The van der Waals surface area contributed by atoms with Crippen molar-refractivity contribution in [2.24, 2.45) is 5.92 Å².